The number of rotatable bonds is 2. The summed E-state index contributed by atoms with van der Waals surface area (Å²) in [5.41, 5.74) is 0.878. The second-order valence-corrected chi connectivity index (χ2v) is 9.11. The molecule has 2 fully saturated rings. The molecule has 2 aliphatic carbocycles. The Labute approximate surface area is 158 Å². The van der Waals surface area contributed by atoms with E-state index < -0.39 is 0 Å². The molecule has 0 unspecified atom stereocenters. The van der Waals surface area contributed by atoms with Gasteiger partial charge >= 0.3 is 0 Å². The van der Waals surface area contributed by atoms with E-state index in [4.69, 9.17) is 4.74 Å². The Morgan fingerprint density at radius 2 is 1.85 bits per heavy atom. The molecule has 1 heterocycles. The highest BCUT2D eigenvalue weighted by Crippen LogP contribution is 2.74. The van der Waals surface area contributed by atoms with E-state index in [0.717, 1.165) is 12.8 Å². The predicted octanol–water partition coefficient (Wildman–Crippen LogP) is 4.63. The van der Waals surface area contributed by atoms with Gasteiger partial charge in [0.15, 0.2) is 0 Å². The van der Waals surface area contributed by atoms with Gasteiger partial charge in [-0.25, -0.2) is 0 Å². The standard InChI is InChI=1S/C23H24O4/c1-22(2)13-9-10-23(3)18(13)19(22)17-15(27-23)11-14(24)16(21(17)26)20(25)12-7-5-4-6-8-12/h4-8,11,13,18-19,24,26H,9-10H2,1-3H3/t13-,18+,19+,23-/m1/s1. The normalized spacial score (nSPS) is 32.0. The fraction of sp³-hybridized carbons (Fsp3) is 0.435. The number of benzene rings is 2. The monoisotopic (exact) mass is 364 g/mol. The van der Waals surface area contributed by atoms with Crippen LogP contribution in [0.2, 0.25) is 0 Å². The molecular formula is C23H24O4. The van der Waals surface area contributed by atoms with Crippen LogP contribution in [0.3, 0.4) is 0 Å². The highest BCUT2D eigenvalue weighted by atomic mass is 16.5. The first-order chi connectivity index (χ1) is 12.8. The third-order valence-corrected chi connectivity index (χ3v) is 7.41. The molecule has 4 nitrogen and oxygen atoms in total. The van der Waals surface area contributed by atoms with Crippen molar-refractivity contribution in [2.75, 3.05) is 0 Å². The molecular weight excluding hydrogens is 340 g/mol. The smallest absolute Gasteiger partial charge is 0.200 e. The summed E-state index contributed by atoms with van der Waals surface area (Å²) in [5, 5.41) is 21.7. The molecule has 27 heavy (non-hydrogen) atoms. The minimum Gasteiger partial charge on any atom is -0.507 e. The minimum atomic E-state index is -0.373. The summed E-state index contributed by atoms with van der Waals surface area (Å²) in [6, 6.07) is 10.3. The summed E-state index contributed by atoms with van der Waals surface area (Å²) in [6.45, 7) is 6.62. The lowest BCUT2D eigenvalue weighted by atomic mass is 9.45. The van der Waals surface area contributed by atoms with Gasteiger partial charge in [0.05, 0.1) is 0 Å². The number of phenolic OH excluding ortho intramolecular Hbond substituents is 2. The third kappa shape index (κ3) is 1.96. The Morgan fingerprint density at radius 1 is 1.15 bits per heavy atom. The van der Waals surface area contributed by atoms with Gasteiger partial charge in [-0.05, 0) is 31.1 Å². The lowest BCUT2D eigenvalue weighted by Gasteiger charge is -2.62. The van der Waals surface area contributed by atoms with E-state index in [1.165, 1.54) is 6.07 Å². The van der Waals surface area contributed by atoms with E-state index in [1.807, 2.05) is 6.07 Å². The van der Waals surface area contributed by atoms with Gasteiger partial charge in [0.1, 0.15) is 28.4 Å². The Morgan fingerprint density at radius 3 is 2.56 bits per heavy atom. The first-order valence-electron chi connectivity index (χ1n) is 9.63. The zero-order valence-electron chi connectivity index (χ0n) is 15.8. The van der Waals surface area contributed by atoms with Gasteiger partial charge in [-0.1, -0.05) is 44.2 Å². The maximum absolute atomic E-state index is 13.0. The number of carbonyl (C=O) groups excluding carboxylic acids is 1. The molecule has 2 N–H and O–H groups in total. The summed E-state index contributed by atoms with van der Waals surface area (Å²) in [7, 11) is 0. The van der Waals surface area contributed by atoms with E-state index in [1.54, 1.807) is 24.3 Å². The van der Waals surface area contributed by atoms with Crippen molar-refractivity contribution in [3.63, 3.8) is 0 Å². The van der Waals surface area contributed by atoms with Crippen LogP contribution >= 0.6 is 0 Å². The van der Waals surface area contributed by atoms with E-state index in [9.17, 15) is 15.0 Å². The molecule has 0 radical (unpaired) electrons. The van der Waals surface area contributed by atoms with E-state index in [-0.39, 0.29) is 39.8 Å². The molecule has 3 aliphatic rings. The summed E-state index contributed by atoms with van der Waals surface area (Å²) in [6.07, 6.45) is 2.09. The summed E-state index contributed by atoms with van der Waals surface area (Å²) in [4.78, 5) is 13.0. The van der Waals surface area contributed by atoms with Crippen LogP contribution in [-0.4, -0.2) is 21.6 Å². The van der Waals surface area contributed by atoms with Crippen molar-refractivity contribution in [1.29, 1.82) is 0 Å². The average molecular weight is 364 g/mol. The molecule has 0 aromatic heterocycles. The molecule has 2 aromatic rings. The largest absolute Gasteiger partial charge is 0.507 e. The fourth-order valence-corrected chi connectivity index (χ4v) is 6.12. The van der Waals surface area contributed by atoms with Crippen molar-refractivity contribution in [1.82, 2.24) is 0 Å². The van der Waals surface area contributed by atoms with Crippen molar-refractivity contribution in [2.45, 2.75) is 45.1 Å². The Hall–Kier alpha value is -2.49. The summed E-state index contributed by atoms with van der Waals surface area (Å²) < 4.78 is 6.31. The Bertz CT molecular complexity index is 962. The average Bonchev–Trinajstić information content (AvgIpc) is 2.96. The maximum atomic E-state index is 13.0. The van der Waals surface area contributed by atoms with Gasteiger partial charge in [-0.3, -0.25) is 4.79 Å². The fourth-order valence-electron chi connectivity index (χ4n) is 6.12. The maximum Gasteiger partial charge on any atom is 0.200 e. The van der Waals surface area contributed by atoms with Gasteiger partial charge in [0.2, 0.25) is 5.78 Å². The quantitative estimate of drug-likeness (QED) is 0.763. The van der Waals surface area contributed by atoms with Gasteiger partial charge in [0, 0.05) is 29.0 Å². The molecule has 140 valence electrons. The Kier molecular flexibility index (Phi) is 3.12. The molecule has 1 aliphatic heterocycles. The lowest BCUT2D eigenvalue weighted by molar-refractivity contribution is -0.121. The van der Waals surface area contributed by atoms with Crippen molar-refractivity contribution >= 4 is 5.78 Å². The van der Waals surface area contributed by atoms with E-state index >= 15 is 0 Å². The van der Waals surface area contributed by atoms with Crippen LogP contribution in [-0.2, 0) is 0 Å². The summed E-state index contributed by atoms with van der Waals surface area (Å²) in [5.74, 6) is 0.825. The van der Waals surface area contributed by atoms with E-state index in [2.05, 4.69) is 20.8 Å². The zero-order chi connectivity index (χ0) is 19.1. The van der Waals surface area contributed by atoms with Crippen molar-refractivity contribution in [3.05, 3.63) is 53.1 Å². The summed E-state index contributed by atoms with van der Waals surface area (Å²) >= 11 is 0. The van der Waals surface area contributed by atoms with Crippen molar-refractivity contribution < 1.29 is 19.7 Å². The number of ether oxygens (including phenoxy) is 1. The van der Waals surface area contributed by atoms with Gasteiger partial charge < -0.3 is 14.9 Å². The molecule has 0 bridgehead atoms. The molecule has 2 saturated carbocycles. The van der Waals surface area contributed by atoms with Crippen LogP contribution in [0.5, 0.6) is 17.2 Å². The third-order valence-electron chi connectivity index (χ3n) is 7.41. The van der Waals surface area contributed by atoms with Gasteiger partial charge in [-0.15, -0.1) is 0 Å². The molecule has 0 amide bonds. The number of hydrogen-bond donors (Lipinski definition) is 2. The molecule has 4 atom stereocenters. The van der Waals surface area contributed by atoms with Gasteiger partial charge in [-0.2, -0.15) is 0 Å². The minimum absolute atomic E-state index is 0.0237. The molecule has 0 spiro atoms. The number of phenols is 2. The number of fused-ring (bicyclic) bond motifs is 2. The molecule has 2 aromatic carbocycles. The SMILES string of the molecule is CC1(C)[C@@H]2CC[C@@]3(C)Oc4cc(O)c(C(=O)c5ccccc5)c(O)c4[C@H]1[C@H]23. The van der Waals surface area contributed by atoms with Crippen molar-refractivity contribution in [3.8, 4) is 17.2 Å². The van der Waals surface area contributed by atoms with Crippen LogP contribution in [0.1, 0.15) is 61.0 Å². The van der Waals surface area contributed by atoms with Crippen molar-refractivity contribution in [2.24, 2.45) is 17.3 Å². The highest BCUT2D eigenvalue weighted by Gasteiger charge is 2.69. The van der Waals surface area contributed by atoms with Crippen LogP contribution in [0.15, 0.2) is 36.4 Å². The van der Waals surface area contributed by atoms with Crippen LogP contribution in [0.4, 0.5) is 0 Å². The number of carbonyl (C=O) groups is 1. The first kappa shape index (κ1) is 16.7. The predicted molar refractivity (Wildman–Crippen MR) is 101 cm³/mol. The number of ketones is 1. The Balaban J connectivity index is 1.70. The van der Waals surface area contributed by atoms with Gasteiger partial charge in [0.25, 0.3) is 0 Å². The lowest BCUT2D eigenvalue weighted by Crippen LogP contribution is -2.59. The second-order valence-electron chi connectivity index (χ2n) is 9.11. The van der Waals surface area contributed by atoms with Crippen LogP contribution in [0, 0.1) is 17.3 Å². The molecule has 5 rings (SSSR count). The van der Waals surface area contributed by atoms with Crippen LogP contribution < -0.4 is 4.74 Å². The molecule has 4 heteroatoms. The second kappa shape index (κ2) is 5.06. The van der Waals surface area contributed by atoms with Crippen LogP contribution in [0.25, 0.3) is 0 Å². The molecule has 0 saturated heterocycles. The van der Waals surface area contributed by atoms with E-state index in [0.29, 0.717) is 28.7 Å². The topological polar surface area (TPSA) is 66.8 Å². The zero-order valence-corrected chi connectivity index (χ0v) is 15.8. The number of hydrogen-bond acceptors (Lipinski definition) is 4. The number of aromatic hydroxyl groups is 2. The highest BCUT2D eigenvalue weighted by molar-refractivity contribution is 6.12. The first-order valence-corrected chi connectivity index (χ1v) is 9.63.